The molecule has 1 saturated heterocycles. The zero-order valence-corrected chi connectivity index (χ0v) is 19.5. The molecule has 3 atom stereocenters. The fourth-order valence-corrected chi connectivity index (χ4v) is 4.88. The molecule has 184 valence electrons. The fraction of sp³-hybridized carbons (Fsp3) is 0.783. The molecule has 2 saturated carbocycles. The Morgan fingerprint density at radius 1 is 1.09 bits per heavy atom. The standard InChI is InChI=1S/C23H36N4O6/c1-23(2)12-14(19(29)27-23)11-16(18(28)21(31)25-15-8-9-15)26-20(30)17(33-22(24)32)10-13-6-4-3-5-7-13/h13-17H,3-12H2,1-2H3,(H2,24,32)(H,25,31)(H,26,30)(H,27,29)/t14?,16?,17-/m0/s1. The van der Waals surface area contributed by atoms with Gasteiger partial charge in [-0.05, 0) is 51.9 Å². The number of ether oxygens (including phenoxy) is 1. The highest BCUT2D eigenvalue weighted by molar-refractivity contribution is 6.38. The number of hydrogen-bond donors (Lipinski definition) is 4. The maximum absolute atomic E-state index is 13.1. The van der Waals surface area contributed by atoms with E-state index in [2.05, 4.69) is 16.0 Å². The van der Waals surface area contributed by atoms with E-state index in [4.69, 9.17) is 10.5 Å². The lowest BCUT2D eigenvalue weighted by Crippen LogP contribution is -2.52. The van der Waals surface area contributed by atoms with E-state index in [-0.39, 0.29) is 24.3 Å². The molecule has 4 amide bonds. The van der Waals surface area contributed by atoms with E-state index in [0.29, 0.717) is 12.8 Å². The number of rotatable bonds is 10. The van der Waals surface area contributed by atoms with Gasteiger partial charge in [-0.1, -0.05) is 32.1 Å². The number of carbonyl (C=O) groups is 5. The molecule has 5 N–H and O–H groups in total. The van der Waals surface area contributed by atoms with Gasteiger partial charge < -0.3 is 26.4 Å². The van der Waals surface area contributed by atoms with Crippen molar-refractivity contribution in [1.82, 2.24) is 16.0 Å². The summed E-state index contributed by atoms with van der Waals surface area (Å²) in [5.74, 6) is -2.79. The number of nitrogens with two attached hydrogens (primary N) is 1. The van der Waals surface area contributed by atoms with Crippen LogP contribution in [0.1, 0.15) is 78.1 Å². The maximum Gasteiger partial charge on any atom is 0.405 e. The monoisotopic (exact) mass is 464 g/mol. The summed E-state index contributed by atoms with van der Waals surface area (Å²) in [6.07, 6.45) is 5.25. The van der Waals surface area contributed by atoms with Gasteiger partial charge >= 0.3 is 6.09 Å². The molecule has 0 aromatic carbocycles. The molecule has 1 heterocycles. The number of primary amides is 1. The summed E-state index contributed by atoms with van der Waals surface area (Å²) >= 11 is 0. The van der Waals surface area contributed by atoms with Crippen molar-refractivity contribution in [3.8, 4) is 0 Å². The first-order valence-electron chi connectivity index (χ1n) is 12.0. The Morgan fingerprint density at radius 3 is 2.30 bits per heavy atom. The summed E-state index contributed by atoms with van der Waals surface area (Å²) in [6, 6.07) is -1.23. The summed E-state index contributed by atoms with van der Waals surface area (Å²) in [5, 5.41) is 8.11. The van der Waals surface area contributed by atoms with E-state index in [9.17, 15) is 24.0 Å². The Morgan fingerprint density at radius 2 is 1.76 bits per heavy atom. The highest BCUT2D eigenvalue weighted by Crippen LogP contribution is 2.30. The number of Topliss-reactive ketones (excluding diaryl/α,β-unsaturated/α-hetero) is 1. The van der Waals surface area contributed by atoms with Crippen LogP contribution in [0.25, 0.3) is 0 Å². The average molecular weight is 465 g/mol. The van der Waals surface area contributed by atoms with Gasteiger partial charge in [-0.15, -0.1) is 0 Å². The number of nitrogens with one attached hydrogen (secondary N) is 3. The van der Waals surface area contributed by atoms with Crippen LogP contribution in [-0.2, 0) is 23.9 Å². The predicted octanol–water partition coefficient (Wildman–Crippen LogP) is 1.06. The summed E-state index contributed by atoms with van der Waals surface area (Å²) in [7, 11) is 0. The Labute approximate surface area is 194 Å². The molecule has 0 bridgehead atoms. The van der Waals surface area contributed by atoms with Crippen LogP contribution in [0.4, 0.5) is 4.79 Å². The summed E-state index contributed by atoms with van der Waals surface area (Å²) in [6.45, 7) is 3.75. The second-order valence-corrected chi connectivity index (χ2v) is 10.3. The van der Waals surface area contributed by atoms with Gasteiger partial charge in [-0.3, -0.25) is 19.2 Å². The first-order chi connectivity index (χ1) is 15.5. The van der Waals surface area contributed by atoms with Crippen LogP contribution in [0, 0.1) is 11.8 Å². The summed E-state index contributed by atoms with van der Waals surface area (Å²) in [4.78, 5) is 62.3. The molecule has 2 aliphatic carbocycles. The minimum Gasteiger partial charge on any atom is -0.436 e. The third kappa shape index (κ3) is 7.43. The molecule has 3 aliphatic rings. The van der Waals surface area contributed by atoms with Gasteiger partial charge in [-0.25, -0.2) is 4.79 Å². The van der Waals surface area contributed by atoms with Gasteiger partial charge in [0.1, 0.15) is 0 Å². The van der Waals surface area contributed by atoms with E-state index in [0.717, 1.165) is 44.9 Å². The first kappa shape index (κ1) is 25.0. The quantitative estimate of drug-likeness (QED) is 0.354. The van der Waals surface area contributed by atoms with Crippen molar-refractivity contribution in [3.05, 3.63) is 0 Å². The lowest BCUT2D eigenvalue weighted by atomic mass is 9.85. The van der Waals surface area contributed by atoms with Crippen LogP contribution >= 0.6 is 0 Å². The van der Waals surface area contributed by atoms with E-state index >= 15 is 0 Å². The number of carbonyl (C=O) groups excluding carboxylic acids is 5. The molecular weight excluding hydrogens is 428 g/mol. The van der Waals surface area contributed by atoms with E-state index in [1.807, 2.05) is 13.8 Å². The minimum atomic E-state index is -1.20. The van der Waals surface area contributed by atoms with E-state index < -0.39 is 47.3 Å². The second kappa shape index (κ2) is 10.5. The Kier molecular flexibility index (Phi) is 7.97. The SMILES string of the molecule is CC1(C)CC(CC(NC(=O)[C@H](CC2CCCCC2)OC(N)=O)C(=O)C(=O)NC2CC2)C(=O)N1. The fourth-order valence-electron chi connectivity index (χ4n) is 4.88. The average Bonchev–Trinajstić information content (AvgIpc) is 3.50. The molecule has 0 aromatic heterocycles. The van der Waals surface area contributed by atoms with Crippen molar-refractivity contribution in [2.45, 2.75) is 102 Å². The molecule has 2 unspecified atom stereocenters. The molecule has 0 radical (unpaired) electrons. The zero-order chi connectivity index (χ0) is 24.2. The number of ketones is 1. The Bertz CT molecular complexity index is 788. The van der Waals surface area contributed by atoms with Gasteiger partial charge in [0, 0.05) is 17.5 Å². The highest BCUT2D eigenvalue weighted by atomic mass is 16.6. The molecule has 3 fully saturated rings. The third-order valence-electron chi connectivity index (χ3n) is 6.70. The smallest absolute Gasteiger partial charge is 0.405 e. The van der Waals surface area contributed by atoms with Crippen molar-refractivity contribution in [1.29, 1.82) is 0 Å². The second-order valence-electron chi connectivity index (χ2n) is 10.3. The summed E-state index contributed by atoms with van der Waals surface area (Å²) < 4.78 is 5.09. The van der Waals surface area contributed by atoms with Crippen LogP contribution in [-0.4, -0.2) is 53.3 Å². The molecule has 0 spiro atoms. The van der Waals surface area contributed by atoms with Gasteiger partial charge in [0.2, 0.25) is 11.7 Å². The van der Waals surface area contributed by atoms with Crippen molar-refractivity contribution in [3.63, 3.8) is 0 Å². The highest BCUT2D eigenvalue weighted by Gasteiger charge is 2.42. The lowest BCUT2D eigenvalue weighted by molar-refractivity contribution is -0.142. The molecule has 1 aliphatic heterocycles. The van der Waals surface area contributed by atoms with Crippen molar-refractivity contribution in [2.75, 3.05) is 0 Å². The molecule has 0 aromatic rings. The van der Waals surface area contributed by atoms with Crippen molar-refractivity contribution in [2.24, 2.45) is 17.6 Å². The first-order valence-corrected chi connectivity index (χ1v) is 12.0. The lowest BCUT2D eigenvalue weighted by Gasteiger charge is -2.27. The zero-order valence-electron chi connectivity index (χ0n) is 19.5. The normalized spacial score (nSPS) is 24.3. The molecule has 33 heavy (non-hydrogen) atoms. The molecule has 10 nitrogen and oxygen atoms in total. The Balaban J connectivity index is 1.71. The van der Waals surface area contributed by atoms with Gasteiger partial charge in [-0.2, -0.15) is 0 Å². The van der Waals surface area contributed by atoms with Crippen LogP contribution in [0.5, 0.6) is 0 Å². The number of amides is 4. The van der Waals surface area contributed by atoms with Crippen LogP contribution in [0.3, 0.4) is 0 Å². The van der Waals surface area contributed by atoms with Crippen molar-refractivity contribution < 1.29 is 28.7 Å². The molecule has 3 rings (SSSR count). The van der Waals surface area contributed by atoms with Crippen molar-refractivity contribution >= 4 is 29.6 Å². The topological polar surface area (TPSA) is 157 Å². The third-order valence-corrected chi connectivity index (χ3v) is 6.70. The van der Waals surface area contributed by atoms with E-state index in [1.165, 1.54) is 0 Å². The number of hydrogen-bond acceptors (Lipinski definition) is 6. The Hall–Kier alpha value is -2.65. The van der Waals surface area contributed by atoms with Gasteiger partial charge in [0.25, 0.3) is 11.8 Å². The van der Waals surface area contributed by atoms with Gasteiger partial charge in [0.05, 0.1) is 6.04 Å². The largest absolute Gasteiger partial charge is 0.436 e. The van der Waals surface area contributed by atoms with Crippen LogP contribution in [0.2, 0.25) is 0 Å². The predicted molar refractivity (Wildman–Crippen MR) is 119 cm³/mol. The molecule has 10 heteroatoms. The van der Waals surface area contributed by atoms with Crippen LogP contribution in [0.15, 0.2) is 0 Å². The van der Waals surface area contributed by atoms with Gasteiger partial charge in [0.15, 0.2) is 6.10 Å². The van der Waals surface area contributed by atoms with E-state index in [1.54, 1.807) is 0 Å². The summed E-state index contributed by atoms with van der Waals surface area (Å²) in [5.41, 5.74) is 4.76. The minimum absolute atomic E-state index is 0.00928. The maximum atomic E-state index is 13.1. The van der Waals surface area contributed by atoms with Crippen LogP contribution < -0.4 is 21.7 Å². The molecular formula is C23H36N4O6.